The molecule has 0 unspecified atom stereocenters. The standard InChI is InChI=1S/C75H61F3N4/c1-40-23-44(5)71(45(6)24-40)53-14-19-65-59(32-53)60-33-54(72-46(7)25-41(2)26-47(72)8)15-20-66(60)81(65)69-37-63(58-18-13-52(38-79)31-64(58)75(76,77)78)70(36-57(69)39-80)82-67-21-16-55(73-48(9)27-42(3)28-49(73)10)34-61(67)62-35-56(17-22-68(62)82)74-50(11)29-43(4)30-51(74)12/h13-37H,1-12H3. The van der Waals surface area contributed by atoms with E-state index in [1.54, 1.807) is 12.1 Å². The van der Waals surface area contributed by atoms with E-state index in [0.29, 0.717) is 11.4 Å². The smallest absolute Gasteiger partial charge is 0.309 e. The van der Waals surface area contributed by atoms with Crippen LogP contribution in [0.1, 0.15) is 83.5 Å². The fourth-order valence-corrected chi connectivity index (χ4v) is 14.1. The molecule has 2 aromatic heterocycles. The van der Waals surface area contributed by atoms with Gasteiger partial charge in [0.1, 0.15) is 6.07 Å². The second kappa shape index (κ2) is 19.7. The molecule has 0 saturated heterocycles. The van der Waals surface area contributed by atoms with Crippen LogP contribution in [0.15, 0.2) is 152 Å². The number of fused-ring (bicyclic) bond motifs is 6. The van der Waals surface area contributed by atoms with E-state index in [4.69, 9.17) is 0 Å². The topological polar surface area (TPSA) is 57.4 Å². The Hall–Kier alpha value is -9.43. The second-order valence-corrected chi connectivity index (χ2v) is 23.1. The third-order valence-electron chi connectivity index (χ3n) is 16.9. The second-order valence-electron chi connectivity index (χ2n) is 23.1. The first-order valence-corrected chi connectivity index (χ1v) is 27.8. The van der Waals surface area contributed by atoms with Crippen LogP contribution in [0, 0.1) is 106 Å². The molecule has 0 aliphatic heterocycles. The molecule has 0 bridgehead atoms. The molecule has 12 rings (SSSR count). The number of hydrogen-bond acceptors (Lipinski definition) is 2. The van der Waals surface area contributed by atoms with Gasteiger partial charge in [-0.15, -0.1) is 0 Å². The van der Waals surface area contributed by atoms with Crippen molar-refractivity contribution in [2.75, 3.05) is 0 Å². The molecule has 0 N–H and O–H groups in total. The number of nitrogens with zero attached hydrogens (tertiary/aromatic N) is 4. The summed E-state index contributed by atoms with van der Waals surface area (Å²) in [6.07, 6.45) is -4.86. The number of nitriles is 2. The van der Waals surface area contributed by atoms with Crippen LogP contribution < -0.4 is 0 Å². The molecular weight excluding hydrogens is 1010 g/mol. The van der Waals surface area contributed by atoms with Crippen molar-refractivity contribution in [1.82, 2.24) is 9.13 Å². The van der Waals surface area contributed by atoms with E-state index in [1.807, 2.05) is 15.2 Å². The molecule has 402 valence electrons. The van der Waals surface area contributed by atoms with Crippen LogP contribution in [-0.4, -0.2) is 9.13 Å². The maximum atomic E-state index is 15.9. The first-order chi connectivity index (χ1) is 39.1. The van der Waals surface area contributed by atoms with Crippen LogP contribution in [0.5, 0.6) is 0 Å². The lowest BCUT2D eigenvalue weighted by atomic mass is 9.91. The van der Waals surface area contributed by atoms with Crippen LogP contribution in [-0.2, 0) is 6.18 Å². The maximum absolute atomic E-state index is 15.9. The molecular formula is C75H61F3N4. The monoisotopic (exact) mass is 1070 g/mol. The van der Waals surface area contributed by atoms with E-state index in [0.717, 1.165) is 139 Å². The normalized spacial score (nSPS) is 11.8. The summed E-state index contributed by atoms with van der Waals surface area (Å²) in [7, 11) is 0. The predicted octanol–water partition coefficient (Wildman–Crippen LogP) is 20.7. The largest absolute Gasteiger partial charge is 0.417 e. The third-order valence-corrected chi connectivity index (χ3v) is 16.9. The van der Waals surface area contributed by atoms with Crippen LogP contribution in [0.25, 0.3) is 111 Å². The SMILES string of the molecule is Cc1cc(C)c(-c2ccc3c(c2)c2cc(-c4c(C)cc(C)cc4C)ccc2n3-c2cc(-c3ccc(C#N)cc3C(F)(F)F)c(-n3c4ccc(-c5c(C)cc(C)cc5C)cc4c4cc(-c5c(C)cc(C)cc5C)ccc43)cc2C#N)c(C)c1. The molecule has 0 spiro atoms. The Morgan fingerprint density at radius 1 is 0.329 bits per heavy atom. The summed E-state index contributed by atoms with van der Waals surface area (Å²) in [6.45, 7) is 25.5. The lowest BCUT2D eigenvalue weighted by Gasteiger charge is -2.21. The minimum Gasteiger partial charge on any atom is -0.309 e. The van der Waals surface area contributed by atoms with Gasteiger partial charge in [0.25, 0.3) is 0 Å². The van der Waals surface area contributed by atoms with E-state index in [-0.39, 0.29) is 22.3 Å². The minimum absolute atomic E-state index is 0.112. The Balaban J connectivity index is 1.21. The molecule has 0 aliphatic carbocycles. The van der Waals surface area contributed by atoms with Gasteiger partial charge in [-0.1, -0.05) is 101 Å². The molecule has 0 atom stereocenters. The fraction of sp³-hybridized carbons (Fsp3) is 0.173. The van der Waals surface area contributed by atoms with E-state index in [2.05, 4.69) is 210 Å². The first-order valence-electron chi connectivity index (χ1n) is 27.8. The lowest BCUT2D eigenvalue weighted by Crippen LogP contribution is -2.10. The molecule has 0 aliphatic rings. The predicted molar refractivity (Wildman–Crippen MR) is 334 cm³/mol. The Morgan fingerprint density at radius 3 is 0.939 bits per heavy atom. The van der Waals surface area contributed by atoms with E-state index in [1.165, 1.54) is 34.4 Å². The summed E-state index contributed by atoms with van der Waals surface area (Å²) in [5.41, 5.74) is 25.8. The highest BCUT2D eigenvalue weighted by atomic mass is 19.4. The van der Waals surface area contributed by atoms with Gasteiger partial charge < -0.3 is 9.13 Å². The van der Waals surface area contributed by atoms with Gasteiger partial charge in [0.05, 0.1) is 56.2 Å². The van der Waals surface area contributed by atoms with E-state index in [9.17, 15) is 10.5 Å². The molecule has 7 heteroatoms. The highest BCUT2D eigenvalue weighted by Crippen LogP contribution is 2.47. The molecule has 0 amide bonds. The zero-order valence-electron chi connectivity index (χ0n) is 48.4. The van der Waals surface area contributed by atoms with Gasteiger partial charge in [0, 0.05) is 27.1 Å². The van der Waals surface area contributed by atoms with Gasteiger partial charge in [-0.2, -0.15) is 23.7 Å². The number of halogens is 3. The molecule has 82 heavy (non-hydrogen) atoms. The summed E-state index contributed by atoms with van der Waals surface area (Å²) in [6, 6.07) is 55.0. The highest BCUT2D eigenvalue weighted by molar-refractivity contribution is 6.14. The van der Waals surface area contributed by atoms with Gasteiger partial charge in [-0.05, 0) is 250 Å². The highest BCUT2D eigenvalue weighted by Gasteiger charge is 2.36. The van der Waals surface area contributed by atoms with Crippen molar-refractivity contribution in [3.63, 3.8) is 0 Å². The Kier molecular flexibility index (Phi) is 12.8. The lowest BCUT2D eigenvalue weighted by molar-refractivity contribution is -0.137. The first kappa shape index (κ1) is 53.2. The zero-order valence-corrected chi connectivity index (χ0v) is 48.4. The van der Waals surface area contributed by atoms with Crippen molar-refractivity contribution in [2.24, 2.45) is 0 Å². The van der Waals surface area contributed by atoms with E-state index >= 15 is 13.2 Å². The van der Waals surface area contributed by atoms with Crippen LogP contribution in [0.2, 0.25) is 0 Å². The van der Waals surface area contributed by atoms with E-state index < -0.39 is 11.7 Å². The van der Waals surface area contributed by atoms with Gasteiger partial charge in [0.2, 0.25) is 0 Å². The van der Waals surface area contributed by atoms with Gasteiger partial charge in [-0.25, -0.2) is 0 Å². The molecule has 0 saturated carbocycles. The number of hydrogen-bond donors (Lipinski definition) is 0. The summed E-state index contributed by atoms with van der Waals surface area (Å²) in [5, 5.41) is 25.4. The van der Waals surface area contributed by atoms with Gasteiger partial charge >= 0.3 is 6.18 Å². The minimum atomic E-state index is -4.86. The molecule has 2 heterocycles. The van der Waals surface area contributed by atoms with Crippen molar-refractivity contribution >= 4 is 43.6 Å². The number of benzene rings is 10. The fourth-order valence-electron chi connectivity index (χ4n) is 14.1. The van der Waals surface area contributed by atoms with Crippen molar-refractivity contribution < 1.29 is 13.2 Å². The number of rotatable bonds is 7. The van der Waals surface area contributed by atoms with Gasteiger partial charge in [0.15, 0.2) is 0 Å². The van der Waals surface area contributed by atoms with Crippen LogP contribution in [0.4, 0.5) is 13.2 Å². The zero-order chi connectivity index (χ0) is 58.0. The van der Waals surface area contributed by atoms with Crippen molar-refractivity contribution in [2.45, 2.75) is 89.3 Å². The molecule has 0 radical (unpaired) electrons. The summed E-state index contributed by atoms with van der Waals surface area (Å²) < 4.78 is 51.8. The quantitative estimate of drug-likeness (QED) is 0.160. The number of alkyl halides is 3. The number of aryl methyl sites for hydroxylation is 12. The average molecular weight is 1080 g/mol. The maximum Gasteiger partial charge on any atom is 0.417 e. The van der Waals surface area contributed by atoms with Gasteiger partial charge in [-0.3, -0.25) is 0 Å². The van der Waals surface area contributed by atoms with Crippen molar-refractivity contribution in [3.8, 4) is 79.1 Å². The Morgan fingerprint density at radius 2 is 0.646 bits per heavy atom. The summed E-state index contributed by atoms with van der Waals surface area (Å²) in [4.78, 5) is 0. The summed E-state index contributed by atoms with van der Waals surface area (Å²) in [5.74, 6) is 0. The third kappa shape index (κ3) is 8.75. The average Bonchev–Trinajstić information content (AvgIpc) is 3.45. The Labute approximate surface area is 477 Å². The van der Waals surface area contributed by atoms with Crippen molar-refractivity contribution in [3.05, 3.63) is 235 Å². The molecule has 10 aromatic carbocycles. The Bertz CT molecular complexity index is 4510. The number of aromatic nitrogens is 2. The molecule has 12 aromatic rings. The van der Waals surface area contributed by atoms with Crippen LogP contribution >= 0.6 is 0 Å². The molecule has 0 fully saturated rings. The van der Waals surface area contributed by atoms with Crippen molar-refractivity contribution in [1.29, 1.82) is 10.5 Å². The van der Waals surface area contributed by atoms with Crippen LogP contribution in [0.3, 0.4) is 0 Å². The summed E-state index contributed by atoms with van der Waals surface area (Å²) >= 11 is 0. The molecule has 4 nitrogen and oxygen atoms in total.